The van der Waals surface area contributed by atoms with Gasteiger partial charge in [-0.25, -0.2) is 9.78 Å². The SMILES string of the molecule is CCOC(=O)c1ccc2c(c1)nc(SCC(=O)Nc1ccc(Br)c(C)c1)n2CC. The molecule has 0 saturated carbocycles. The van der Waals surface area contributed by atoms with E-state index in [1.165, 1.54) is 11.8 Å². The zero-order valence-electron chi connectivity index (χ0n) is 16.5. The van der Waals surface area contributed by atoms with E-state index in [1.54, 1.807) is 19.1 Å². The lowest BCUT2D eigenvalue weighted by atomic mass is 10.2. The lowest BCUT2D eigenvalue weighted by Crippen LogP contribution is -2.14. The van der Waals surface area contributed by atoms with Gasteiger partial charge in [-0.3, -0.25) is 4.79 Å². The number of halogens is 1. The summed E-state index contributed by atoms with van der Waals surface area (Å²) in [5.74, 6) is -0.221. The van der Waals surface area contributed by atoms with Gasteiger partial charge in [-0.05, 0) is 62.7 Å². The Labute approximate surface area is 182 Å². The molecular formula is C21H22BrN3O3S. The molecule has 1 amide bonds. The molecular weight excluding hydrogens is 454 g/mol. The fourth-order valence-electron chi connectivity index (χ4n) is 2.91. The van der Waals surface area contributed by atoms with Crippen LogP contribution in [0.4, 0.5) is 5.69 Å². The second-order valence-electron chi connectivity index (χ2n) is 6.36. The second-order valence-corrected chi connectivity index (χ2v) is 8.16. The molecule has 0 atom stereocenters. The predicted octanol–water partition coefficient (Wildman–Crippen LogP) is 5.03. The molecule has 0 aliphatic rings. The number of nitrogens with one attached hydrogen (secondary N) is 1. The van der Waals surface area contributed by atoms with Crippen molar-refractivity contribution in [1.82, 2.24) is 9.55 Å². The lowest BCUT2D eigenvalue weighted by Gasteiger charge is -2.08. The molecule has 0 saturated heterocycles. The van der Waals surface area contributed by atoms with Gasteiger partial charge in [0.05, 0.1) is 29.0 Å². The molecule has 1 heterocycles. The van der Waals surface area contributed by atoms with Crippen LogP contribution in [0, 0.1) is 6.92 Å². The van der Waals surface area contributed by atoms with Gasteiger partial charge >= 0.3 is 5.97 Å². The molecule has 0 fully saturated rings. The Bertz CT molecular complexity index is 1060. The molecule has 29 heavy (non-hydrogen) atoms. The summed E-state index contributed by atoms with van der Waals surface area (Å²) in [5, 5.41) is 3.65. The van der Waals surface area contributed by atoms with Gasteiger partial charge in [0, 0.05) is 16.7 Å². The Hall–Kier alpha value is -2.32. The number of ether oxygens (including phenoxy) is 1. The van der Waals surface area contributed by atoms with Gasteiger partial charge in [0.2, 0.25) is 5.91 Å². The first-order valence-corrected chi connectivity index (χ1v) is 11.1. The van der Waals surface area contributed by atoms with Crippen LogP contribution >= 0.6 is 27.7 Å². The number of hydrogen-bond acceptors (Lipinski definition) is 5. The number of esters is 1. The number of carbonyl (C=O) groups is 2. The Balaban J connectivity index is 1.74. The zero-order valence-corrected chi connectivity index (χ0v) is 18.9. The third-order valence-electron chi connectivity index (χ3n) is 4.31. The average molecular weight is 476 g/mol. The van der Waals surface area contributed by atoms with Gasteiger partial charge in [0.1, 0.15) is 0 Å². The van der Waals surface area contributed by atoms with E-state index in [1.807, 2.05) is 42.7 Å². The summed E-state index contributed by atoms with van der Waals surface area (Å²) < 4.78 is 8.09. The van der Waals surface area contributed by atoms with E-state index in [-0.39, 0.29) is 17.6 Å². The van der Waals surface area contributed by atoms with Crippen molar-refractivity contribution in [3.05, 3.63) is 52.0 Å². The molecule has 0 spiro atoms. The number of aromatic nitrogens is 2. The van der Waals surface area contributed by atoms with Crippen LogP contribution in [0.15, 0.2) is 46.0 Å². The van der Waals surface area contributed by atoms with Crippen molar-refractivity contribution in [1.29, 1.82) is 0 Å². The van der Waals surface area contributed by atoms with Crippen molar-refractivity contribution in [3.63, 3.8) is 0 Å². The van der Waals surface area contributed by atoms with Crippen LogP contribution in [-0.2, 0) is 16.1 Å². The van der Waals surface area contributed by atoms with E-state index >= 15 is 0 Å². The van der Waals surface area contributed by atoms with E-state index in [0.717, 1.165) is 26.4 Å². The fourth-order valence-corrected chi connectivity index (χ4v) is 4.04. The minimum Gasteiger partial charge on any atom is -0.462 e. The molecule has 6 nitrogen and oxygen atoms in total. The number of benzene rings is 2. The molecule has 1 N–H and O–H groups in total. The molecule has 8 heteroatoms. The van der Waals surface area contributed by atoms with Crippen LogP contribution in [0.25, 0.3) is 11.0 Å². The number of anilines is 1. The molecule has 0 unspecified atom stereocenters. The molecule has 3 rings (SSSR count). The summed E-state index contributed by atoms with van der Waals surface area (Å²) >= 11 is 4.83. The van der Waals surface area contributed by atoms with E-state index in [4.69, 9.17) is 4.74 Å². The summed E-state index contributed by atoms with van der Waals surface area (Å²) in [4.78, 5) is 29.0. The molecule has 0 aliphatic heterocycles. The topological polar surface area (TPSA) is 73.2 Å². The molecule has 0 radical (unpaired) electrons. The maximum absolute atomic E-state index is 12.4. The highest BCUT2D eigenvalue weighted by atomic mass is 79.9. The van der Waals surface area contributed by atoms with Crippen LogP contribution in [0.5, 0.6) is 0 Å². The molecule has 0 bridgehead atoms. The predicted molar refractivity (Wildman–Crippen MR) is 120 cm³/mol. The molecule has 1 aromatic heterocycles. The van der Waals surface area contributed by atoms with E-state index < -0.39 is 0 Å². The minimum absolute atomic E-state index is 0.0985. The summed E-state index contributed by atoms with van der Waals surface area (Å²) in [6.45, 7) is 6.81. The van der Waals surface area contributed by atoms with Gasteiger partial charge in [-0.15, -0.1) is 0 Å². The summed E-state index contributed by atoms with van der Waals surface area (Å²) in [5.41, 5.74) is 3.93. The second kappa shape index (κ2) is 9.45. The minimum atomic E-state index is -0.362. The maximum atomic E-state index is 12.4. The molecule has 3 aromatic rings. The lowest BCUT2D eigenvalue weighted by molar-refractivity contribution is -0.113. The van der Waals surface area contributed by atoms with Crippen LogP contribution in [-0.4, -0.2) is 33.8 Å². The van der Waals surface area contributed by atoms with Crippen molar-refractivity contribution in [2.45, 2.75) is 32.5 Å². The van der Waals surface area contributed by atoms with Crippen LogP contribution in [0.2, 0.25) is 0 Å². The number of imidazole rings is 1. The quantitative estimate of drug-likeness (QED) is 0.382. The van der Waals surface area contributed by atoms with Gasteiger partial charge in [0.15, 0.2) is 5.16 Å². The van der Waals surface area contributed by atoms with Crippen molar-refractivity contribution < 1.29 is 14.3 Å². The van der Waals surface area contributed by atoms with Crippen molar-refractivity contribution >= 4 is 56.3 Å². The van der Waals surface area contributed by atoms with Crippen molar-refractivity contribution in [2.24, 2.45) is 0 Å². The Kier molecular flexibility index (Phi) is 6.97. The van der Waals surface area contributed by atoms with Gasteiger partial charge in [-0.1, -0.05) is 27.7 Å². The standard InChI is InChI=1S/C21H22BrN3O3S/c1-4-25-18-9-6-14(20(27)28-5-2)11-17(18)24-21(25)29-12-19(26)23-15-7-8-16(22)13(3)10-15/h6-11H,4-5,12H2,1-3H3,(H,23,26). The van der Waals surface area contributed by atoms with Crippen LogP contribution in [0.1, 0.15) is 29.8 Å². The van der Waals surface area contributed by atoms with Crippen LogP contribution in [0.3, 0.4) is 0 Å². The first-order valence-electron chi connectivity index (χ1n) is 9.29. The normalized spacial score (nSPS) is 10.9. The average Bonchev–Trinajstić information content (AvgIpc) is 3.06. The number of carbonyl (C=O) groups excluding carboxylic acids is 2. The van der Waals surface area contributed by atoms with E-state index in [0.29, 0.717) is 24.2 Å². The monoisotopic (exact) mass is 475 g/mol. The number of fused-ring (bicyclic) bond motifs is 1. The van der Waals surface area contributed by atoms with Crippen molar-refractivity contribution in [2.75, 3.05) is 17.7 Å². The number of nitrogens with zero attached hydrogens (tertiary/aromatic N) is 2. The fraction of sp³-hybridized carbons (Fsp3) is 0.286. The first kappa shape index (κ1) is 21.4. The highest BCUT2D eigenvalue weighted by Crippen LogP contribution is 2.26. The molecule has 2 aromatic carbocycles. The smallest absolute Gasteiger partial charge is 0.338 e. The number of amides is 1. The summed E-state index contributed by atoms with van der Waals surface area (Å²) in [6, 6.07) is 11.0. The zero-order chi connectivity index (χ0) is 21.0. The Morgan fingerprint density at radius 2 is 2.00 bits per heavy atom. The highest BCUT2D eigenvalue weighted by Gasteiger charge is 2.15. The van der Waals surface area contributed by atoms with Gasteiger partial charge < -0.3 is 14.6 Å². The summed E-state index contributed by atoms with van der Waals surface area (Å²) in [6.07, 6.45) is 0. The molecule has 152 valence electrons. The molecule has 0 aliphatic carbocycles. The van der Waals surface area contributed by atoms with Gasteiger partial charge in [0.25, 0.3) is 0 Å². The Morgan fingerprint density at radius 3 is 2.69 bits per heavy atom. The highest BCUT2D eigenvalue weighted by molar-refractivity contribution is 9.10. The third kappa shape index (κ3) is 5.00. The maximum Gasteiger partial charge on any atom is 0.338 e. The largest absolute Gasteiger partial charge is 0.462 e. The number of rotatable bonds is 7. The van der Waals surface area contributed by atoms with Gasteiger partial charge in [-0.2, -0.15) is 0 Å². The number of hydrogen-bond donors (Lipinski definition) is 1. The number of aryl methyl sites for hydroxylation is 2. The van der Waals surface area contributed by atoms with Crippen LogP contribution < -0.4 is 5.32 Å². The van der Waals surface area contributed by atoms with E-state index in [9.17, 15) is 9.59 Å². The first-order chi connectivity index (χ1) is 13.9. The van der Waals surface area contributed by atoms with Crippen molar-refractivity contribution in [3.8, 4) is 0 Å². The van der Waals surface area contributed by atoms with E-state index in [2.05, 4.69) is 26.2 Å². The third-order valence-corrected chi connectivity index (χ3v) is 6.18. The Morgan fingerprint density at radius 1 is 1.21 bits per heavy atom. The summed E-state index contributed by atoms with van der Waals surface area (Å²) in [7, 11) is 0. The number of thioether (sulfide) groups is 1.